The van der Waals surface area contributed by atoms with Crippen LogP contribution < -0.4 is 10.6 Å². The van der Waals surface area contributed by atoms with Crippen LogP contribution in [0.5, 0.6) is 0 Å². The van der Waals surface area contributed by atoms with Crippen molar-refractivity contribution in [3.63, 3.8) is 0 Å². The summed E-state index contributed by atoms with van der Waals surface area (Å²) in [6.07, 6.45) is 0. The molecule has 0 saturated carbocycles. The quantitative estimate of drug-likeness (QED) is 0.663. The molecule has 0 saturated heterocycles. The normalized spacial score (nSPS) is 21.3. The Balaban J connectivity index is 3.18. The van der Waals surface area contributed by atoms with Gasteiger partial charge in [0.1, 0.15) is 0 Å². The number of allylic oxidation sites excluding steroid dienone is 1. The highest BCUT2D eigenvalue weighted by atomic mass is 16.5. The first-order chi connectivity index (χ1) is 7.27. The van der Waals surface area contributed by atoms with Crippen LogP contribution in [0.3, 0.4) is 0 Å². The van der Waals surface area contributed by atoms with Gasteiger partial charge in [0.2, 0.25) is 0 Å². The molecule has 0 radical (unpaired) electrons. The van der Waals surface area contributed by atoms with E-state index in [9.17, 15) is 4.79 Å². The second-order valence-electron chi connectivity index (χ2n) is 5.08. The number of carbonyl (C=O) groups excluding carboxylic acids is 1. The molecule has 1 heterocycles. The van der Waals surface area contributed by atoms with Gasteiger partial charge in [-0.05, 0) is 12.3 Å². The Kier molecular flexibility index (Phi) is 3.31. The number of carbonyl (C=O) groups is 1. The summed E-state index contributed by atoms with van der Waals surface area (Å²) in [7, 11) is 1.39. The predicted molar refractivity (Wildman–Crippen MR) is 63.4 cm³/mol. The van der Waals surface area contributed by atoms with E-state index in [0.29, 0.717) is 11.4 Å². The number of esters is 1. The number of hydrogen-bond acceptors (Lipinski definition) is 4. The second-order valence-corrected chi connectivity index (χ2v) is 5.08. The van der Waals surface area contributed by atoms with E-state index in [0.717, 1.165) is 5.70 Å². The van der Waals surface area contributed by atoms with Crippen LogP contribution in [0.2, 0.25) is 0 Å². The smallest absolute Gasteiger partial charge is 0.337 e. The van der Waals surface area contributed by atoms with E-state index in [4.69, 9.17) is 4.74 Å². The van der Waals surface area contributed by atoms with E-state index in [1.165, 1.54) is 7.11 Å². The molecule has 2 N–H and O–H groups in total. The lowest BCUT2D eigenvalue weighted by atomic mass is 9.80. The Hall–Kier alpha value is -1.45. The van der Waals surface area contributed by atoms with Crippen molar-refractivity contribution in [2.75, 3.05) is 7.11 Å². The molecule has 4 heteroatoms. The van der Waals surface area contributed by atoms with Gasteiger partial charge in [-0.2, -0.15) is 0 Å². The van der Waals surface area contributed by atoms with E-state index in [-0.39, 0.29) is 17.4 Å². The highest BCUT2D eigenvalue weighted by Crippen LogP contribution is 2.29. The van der Waals surface area contributed by atoms with Crippen molar-refractivity contribution in [1.82, 2.24) is 10.6 Å². The lowest BCUT2D eigenvalue weighted by Gasteiger charge is -2.38. The van der Waals surface area contributed by atoms with E-state index in [1.54, 1.807) is 0 Å². The molecule has 0 amide bonds. The summed E-state index contributed by atoms with van der Waals surface area (Å²) in [5.41, 5.74) is 1.36. The number of ether oxygens (including phenoxy) is 1. The van der Waals surface area contributed by atoms with Crippen LogP contribution in [0.15, 0.2) is 23.7 Å². The molecular weight excluding hydrogens is 204 g/mol. The minimum Gasteiger partial charge on any atom is -0.466 e. The van der Waals surface area contributed by atoms with Gasteiger partial charge in [-0.25, -0.2) is 4.79 Å². The molecular formula is C12H20N2O2. The zero-order chi connectivity index (χ0) is 12.5. The minimum absolute atomic E-state index is 0.0875. The molecule has 1 unspecified atom stereocenters. The summed E-state index contributed by atoms with van der Waals surface area (Å²) in [4.78, 5) is 11.8. The molecule has 0 bridgehead atoms. The summed E-state index contributed by atoms with van der Waals surface area (Å²) < 4.78 is 4.81. The zero-order valence-corrected chi connectivity index (χ0v) is 10.6. The van der Waals surface area contributed by atoms with Crippen LogP contribution in [0.1, 0.15) is 27.7 Å². The Morgan fingerprint density at radius 3 is 2.44 bits per heavy atom. The second kappa shape index (κ2) is 4.20. The Morgan fingerprint density at radius 1 is 1.44 bits per heavy atom. The van der Waals surface area contributed by atoms with Crippen molar-refractivity contribution >= 4 is 5.97 Å². The number of nitrogens with one attached hydrogen (secondary N) is 2. The van der Waals surface area contributed by atoms with Crippen LogP contribution in [0.25, 0.3) is 0 Å². The van der Waals surface area contributed by atoms with Crippen LogP contribution in [-0.2, 0) is 9.53 Å². The summed E-state index contributed by atoms with van der Waals surface area (Å²) in [6.45, 7) is 11.9. The largest absolute Gasteiger partial charge is 0.466 e. The molecule has 1 aliphatic heterocycles. The minimum atomic E-state index is -0.301. The number of methoxy groups -OCH3 is 1. The standard InChI is InChI=1S/C12H20N2O2/c1-7-9(11(15)16-6)10(12(3,4)5)14-8(2)13-7/h10,13-14H,2H2,1,3-6H3. The van der Waals surface area contributed by atoms with Crippen LogP contribution >= 0.6 is 0 Å². The van der Waals surface area contributed by atoms with E-state index in [2.05, 4.69) is 38.0 Å². The molecule has 16 heavy (non-hydrogen) atoms. The maximum absolute atomic E-state index is 11.8. The third-order valence-corrected chi connectivity index (χ3v) is 2.62. The SMILES string of the molecule is C=C1NC(C)=C(C(=O)OC)C(C(C)(C)C)N1. The lowest BCUT2D eigenvalue weighted by molar-refractivity contribution is -0.137. The van der Waals surface area contributed by atoms with Crippen LogP contribution in [0.4, 0.5) is 0 Å². The highest BCUT2D eigenvalue weighted by Gasteiger charge is 2.36. The Bertz CT molecular complexity index is 351. The van der Waals surface area contributed by atoms with Crippen molar-refractivity contribution in [1.29, 1.82) is 0 Å². The molecule has 0 aromatic heterocycles. The third-order valence-electron chi connectivity index (χ3n) is 2.62. The van der Waals surface area contributed by atoms with Gasteiger partial charge >= 0.3 is 5.97 Å². The molecule has 0 aliphatic carbocycles. The van der Waals surface area contributed by atoms with Gasteiger partial charge < -0.3 is 15.4 Å². The number of hydrogen-bond donors (Lipinski definition) is 2. The van der Waals surface area contributed by atoms with Gasteiger partial charge in [-0.3, -0.25) is 0 Å². The third kappa shape index (κ3) is 2.38. The Morgan fingerprint density at radius 2 is 2.00 bits per heavy atom. The molecule has 0 aromatic rings. The first-order valence-corrected chi connectivity index (χ1v) is 5.29. The number of rotatable bonds is 1. The van der Waals surface area contributed by atoms with Crippen molar-refractivity contribution in [2.45, 2.75) is 33.7 Å². The van der Waals surface area contributed by atoms with Gasteiger partial charge in [0.05, 0.1) is 24.5 Å². The van der Waals surface area contributed by atoms with Crippen molar-refractivity contribution in [3.05, 3.63) is 23.7 Å². The summed E-state index contributed by atoms with van der Waals surface area (Å²) in [5, 5.41) is 6.21. The van der Waals surface area contributed by atoms with Gasteiger partial charge in [0, 0.05) is 5.70 Å². The lowest BCUT2D eigenvalue weighted by Crippen LogP contribution is -2.50. The van der Waals surface area contributed by atoms with Crippen molar-refractivity contribution in [3.8, 4) is 0 Å². The molecule has 1 rings (SSSR count). The summed E-state index contributed by atoms with van der Waals surface area (Å²) >= 11 is 0. The maximum Gasteiger partial charge on any atom is 0.337 e. The highest BCUT2D eigenvalue weighted by molar-refractivity contribution is 5.91. The van der Waals surface area contributed by atoms with Gasteiger partial charge in [0.15, 0.2) is 0 Å². The summed E-state index contributed by atoms with van der Waals surface area (Å²) in [6, 6.07) is -0.0892. The molecule has 4 nitrogen and oxygen atoms in total. The molecule has 1 atom stereocenters. The van der Waals surface area contributed by atoms with E-state index < -0.39 is 0 Å². The summed E-state index contributed by atoms with van der Waals surface area (Å²) in [5.74, 6) is 0.412. The van der Waals surface area contributed by atoms with Gasteiger partial charge in [-0.15, -0.1) is 0 Å². The van der Waals surface area contributed by atoms with Gasteiger partial charge in [-0.1, -0.05) is 27.4 Å². The molecule has 1 aliphatic rings. The first kappa shape index (κ1) is 12.6. The average molecular weight is 224 g/mol. The fraction of sp³-hybridized carbons (Fsp3) is 0.583. The van der Waals surface area contributed by atoms with Crippen LogP contribution in [0, 0.1) is 5.41 Å². The van der Waals surface area contributed by atoms with Crippen molar-refractivity contribution < 1.29 is 9.53 Å². The molecule has 0 aromatic carbocycles. The molecule has 0 fully saturated rings. The Labute approximate surface area is 96.7 Å². The van der Waals surface area contributed by atoms with E-state index >= 15 is 0 Å². The topological polar surface area (TPSA) is 50.4 Å². The fourth-order valence-corrected chi connectivity index (χ4v) is 1.82. The van der Waals surface area contributed by atoms with E-state index in [1.807, 2.05) is 6.92 Å². The van der Waals surface area contributed by atoms with Crippen molar-refractivity contribution in [2.24, 2.45) is 5.41 Å². The predicted octanol–water partition coefficient (Wildman–Crippen LogP) is 1.51. The van der Waals surface area contributed by atoms with Gasteiger partial charge in [0.25, 0.3) is 0 Å². The maximum atomic E-state index is 11.8. The molecule has 0 spiro atoms. The average Bonchev–Trinajstić information content (AvgIpc) is 2.14. The fourth-order valence-electron chi connectivity index (χ4n) is 1.82. The molecule has 90 valence electrons. The zero-order valence-electron chi connectivity index (χ0n) is 10.6. The monoisotopic (exact) mass is 224 g/mol. The van der Waals surface area contributed by atoms with Crippen LogP contribution in [-0.4, -0.2) is 19.1 Å². The first-order valence-electron chi connectivity index (χ1n) is 5.29.